The first-order chi connectivity index (χ1) is 6.81. The standard InChI is InChI=1S/C14H26/c1-4-6-8-9-10-11-13-14(3)12-7-5-2/h5,11,13-14H,2,4,6-10,12H2,1,3H3. The lowest BCUT2D eigenvalue weighted by Crippen LogP contribution is -1.87. The second-order valence-electron chi connectivity index (χ2n) is 4.12. The molecule has 1 unspecified atom stereocenters. The van der Waals surface area contributed by atoms with E-state index in [1.807, 2.05) is 6.08 Å². The topological polar surface area (TPSA) is 0 Å². The smallest absolute Gasteiger partial charge is 0.0259 e. The van der Waals surface area contributed by atoms with E-state index in [1.165, 1.54) is 38.5 Å². The largest absolute Gasteiger partial charge is 0.103 e. The summed E-state index contributed by atoms with van der Waals surface area (Å²) in [6.45, 7) is 8.28. The van der Waals surface area contributed by atoms with Crippen molar-refractivity contribution in [3.05, 3.63) is 24.8 Å². The van der Waals surface area contributed by atoms with Crippen LogP contribution in [-0.4, -0.2) is 0 Å². The summed E-state index contributed by atoms with van der Waals surface area (Å²) in [6, 6.07) is 0. The third-order valence-electron chi connectivity index (χ3n) is 2.52. The minimum Gasteiger partial charge on any atom is -0.103 e. The fourth-order valence-corrected chi connectivity index (χ4v) is 1.49. The minimum atomic E-state index is 0.721. The molecule has 0 aliphatic carbocycles. The zero-order valence-corrected chi connectivity index (χ0v) is 9.97. The number of hydrogen-bond acceptors (Lipinski definition) is 0. The lowest BCUT2D eigenvalue weighted by Gasteiger charge is -2.02. The Balaban J connectivity index is 3.27. The number of allylic oxidation sites excluding steroid dienone is 3. The van der Waals surface area contributed by atoms with E-state index in [0.29, 0.717) is 0 Å². The third kappa shape index (κ3) is 9.57. The van der Waals surface area contributed by atoms with Crippen LogP contribution in [-0.2, 0) is 0 Å². The van der Waals surface area contributed by atoms with Gasteiger partial charge in [-0.1, -0.05) is 51.3 Å². The molecule has 0 spiro atoms. The number of unbranched alkanes of at least 4 members (excludes halogenated alkanes) is 4. The van der Waals surface area contributed by atoms with Gasteiger partial charge in [0.15, 0.2) is 0 Å². The van der Waals surface area contributed by atoms with Crippen molar-refractivity contribution in [1.82, 2.24) is 0 Å². The van der Waals surface area contributed by atoms with Crippen LogP contribution < -0.4 is 0 Å². The molecule has 0 aliphatic rings. The van der Waals surface area contributed by atoms with E-state index >= 15 is 0 Å². The molecule has 0 heteroatoms. The molecule has 0 saturated carbocycles. The Morgan fingerprint density at radius 3 is 2.57 bits per heavy atom. The Hall–Kier alpha value is -0.520. The van der Waals surface area contributed by atoms with Crippen molar-refractivity contribution in [2.24, 2.45) is 5.92 Å². The van der Waals surface area contributed by atoms with Crippen LogP contribution in [0.2, 0.25) is 0 Å². The van der Waals surface area contributed by atoms with Crippen LogP contribution in [0.4, 0.5) is 0 Å². The van der Waals surface area contributed by atoms with Gasteiger partial charge in [0.25, 0.3) is 0 Å². The van der Waals surface area contributed by atoms with Gasteiger partial charge < -0.3 is 0 Å². The number of hydrogen-bond donors (Lipinski definition) is 0. The van der Waals surface area contributed by atoms with Crippen molar-refractivity contribution in [3.63, 3.8) is 0 Å². The highest BCUT2D eigenvalue weighted by atomic mass is 14.0. The average Bonchev–Trinajstić information content (AvgIpc) is 2.20. The fourth-order valence-electron chi connectivity index (χ4n) is 1.49. The molecule has 0 N–H and O–H groups in total. The maximum Gasteiger partial charge on any atom is -0.0259 e. The van der Waals surface area contributed by atoms with Gasteiger partial charge in [-0.2, -0.15) is 0 Å². The summed E-state index contributed by atoms with van der Waals surface area (Å²) in [4.78, 5) is 0. The Morgan fingerprint density at radius 2 is 1.93 bits per heavy atom. The highest BCUT2D eigenvalue weighted by Gasteiger charge is 1.93. The SMILES string of the molecule is C=CCCC(C)C=CCCCCCC. The summed E-state index contributed by atoms with van der Waals surface area (Å²) < 4.78 is 0. The average molecular weight is 194 g/mol. The van der Waals surface area contributed by atoms with Crippen molar-refractivity contribution in [2.45, 2.75) is 58.8 Å². The molecule has 0 aromatic carbocycles. The molecule has 0 aliphatic heterocycles. The van der Waals surface area contributed by atoms with Crippen LogP contribution in [0.15, 0.2) is 24.8 Å². The van der Waals surface area contributed by atoms with E-state index in [2.05, 4.69) is 32.6 Å². The molecular formula is C14H26. The summed E-state index contributed by atoms with van der Waals surface area (Å²) in [7, 11) is 0. The first kappa shape index (κ1) is 13.5. The second-order valence-corrected chi connectivity index (χ2v) is 4.12. The van der Waals surface area contributed by atoms with Crippen molar-refractivity contribution >= 4 is 0 Å². The highest BCUT2D eigenvalue weighted by Crippen LogP contribution is 2.09. The van der Waals surface area contributed by atoms with E-state index in [4.69, 9.17) is 0 Å². The minimum absolute atomic E-state index is 0.721. The van der Waals surface area contributed by atoms with Crippen LogP contribution in [0.5, 0.6) is 0 Å². The van der Waals surface area contributed by atoms with Crippen LogP contribution >= 0.6 is 0 Å². The van der Waals surface area contributed by atoms with Crippen molar-refractivity contribution < 1.29 is 0 Å². The molecule has 0 radical (unpaired) electrons. The Kier molecular flexibility index (Phi) is 10.2. The molecule has 0 aromatic heterocycles. The van der Waals surface area contributed by atoms with Gasteiger partial charge in [-0.25, -0.2) is 0 Å². The lowest BCUT2D eigenvalue weighted by atomic mass is 10.0. The molecule has 14 heavy (non-hydrogen) atoms. The number of rotatable bonds is 9. The lowest BCUT2D eigenvalue weighted by molar-refractivity contribution is 0.646. The van der Waals surface area contributed by atoms with Crippen molar-refractivity contribution in [1.29, 1.82) is 0 Å². The molecule has 0 saturated heterocycles. The summed E-state index contributed by atoms with van der Waals surface area (Å²) >= 11 is 0. The Labute approximate surface area is 90.1 Å². The van der Waals surface area contributed by atoms with Gasteiger partial charge in [-0.3, -0.25) is 0 Å². The van der Waals surface area contributed by atoms with E-state index < -0.39 is 0 Å². The maximum absolute atomic E-state index is 3.74. The fraction of sp³-hybridized carbons (Fsp3) is 0.714. The Bertz CT molecular complexity index is 144. The normalized spacial score (nSPS) is 13.3. The van der Waals surface area contributed by atoms with Gasteiger partial charge in [-0.15, -0.1) is 6.58 Å². The zero-order valence-electron chi connectivity index (χ0n) is 9.97. The van der Waals surface area contributed by atoms with Crippen LogP contribution in [0.25, 0.3) is 0 Å². The van der Waals surface area contributed by atoms with Crippen LogP contribution in [0, 0.1) is 5.92 Å². The monoisotopic (exact) mass is 194 g/mol. The molecule has 0 bridgehead atoms. The van der Waals surface area contributed by atoms with E-state index in [0.717, 1.165) is 12.3 Å². The summed E-state index contributed by atoms with van der Waals surface area (Å²) in [6.07, 6.45) is 15.8. The van der Waals surface area contributed by atoms with Crippen molar-refractivity contribution in [3.8, 4) is 0 Å². The first-order valence-electron chi connectivity index (χ1n) is 6.08. The molecule has 0 amide bonds. The van der Waals surface area contributed by atoms with Gasteiger partial charge in [-0.05, 0) is 31.6 Å². The highest BCUT2D eigenvalue weighted by molar-refractivity contribution is 4.87. The molecule has 0 nitrogen and oxygen atoms in total. The van der Waals surface area contributed by atoms with Gasteiger partial charge in [0.1, 0.15) is 0 Å². The van der Waals surface area contributed by atoms with Gasteiger partial charge in [0.05, 0.1) is 0 Å². The second kappa shape index (κ2) is 10.6. The first-order valence-corrected chi connectivity index (χ1v) is 6.08. The van der Waals surface area contributed by atoms with E-state index in [1.54, 1.807) is 0 Å². The maximum atomic E-state index is 3.74. The Morgan fingerprint density at radius 1 is 1.14 bits per heavy atom. The van der Waals surface area contributed by atoms with Gasteiger partial charge in [0, 0.05) is 0 Å². The van der Waals surface area contributed by atoms with Crippen LogP contribution in [0.3, 0.4) is 0 Å². The summed E-state index contributed by atoms with van der Waals surface area (Å²) in [5.74, 6) is 0.721. The summed E-state index contributed by atoms with van der Waals surface area (Å²) in [5, 5.41) is 0. The summed E-state index contributed by atoms with van der Waals surface area (Å²) in [5.41, 5.74) is 0. The predicted molar refractivity (Wildman–Crippen MR) is 66.5 cm³/mol. The molecular weight excluding hydrogens is 168 g/mol. The van der Waals surface area contributed by atoms with Gasteiger partial charge in [0.2, 0.25) is 0 Å². The molecule has 0 aromatic rings. The van der Waals surface area contributed by atoms with Crippen LogP contribution in [0.1, 0.15) is 58.8 Å². The van der Waals surface area contributed by atoms with E-state index in [-0.39, 0.29) is 0 Å². The third-order valence-corrected chi connectivity index (χ3v) is 2.52. The molecule has 1 atom stereocenters. The van der Waals surface area contributed by atoms with Crippen molar-refractivity contribution in [2.75, 3.05) is 0 Å². The van der Waals surface area contributed by atoms with Gasteiger partial charge >= 0.3 is 0 Å². The van der Waals surface area contributed by atoms with E-state index in [9.17, 15) is 0 Å². The molecule has 82 valence electrons. The zero-order chi connectivity index (χ0) is 10.6. The molecule has 0 rings (SSSR count). The predicted octanol–water partition coefficient (Wildman–Crippen LogP) is 5.12. The quantitative estimate of drug-likeness (QED) is 0.353. The molecule has 0 fully saturated rings. The molecule has 0 heterocycles.